The Kier molecular flexibility index (Phi) is 5.15. The van der Waals surface area contributed by atoms with Crippen molar-refractivity contribution in [3.63, 3.8) is 0 Å². The number of fused-ring (bicyclic) bond motifs is 2. The Balaban J connectivity index is 1.26. The molecule has 160 valence electrons. The highest BCUT2D eigenvalue weighted by atomic mass is 19.1. The Hall–Kier alpha value is -3.26. The van der Waals surface area contributed by atoms with Gasteiger partial charge in [0.1, 0.15) is 17.4 Å². The van der Waals surface area contributed by atoms with E-state index < -0.39 is 0 Å². The summed E-state index contributed by atoms with van der Waals surface area (Å²) in [6.07, 6.45) is 0.799. The lowest BCUT2D eigenvalue weighted by Gasteiger charge is -2.25. The second-order valence-corrected chi connectivity index (χ2v) is 8.28. The van der Waals surface area contributed by atoms with Crippen LogP contribution in [0.5, 0.6) is 5.75 Å². The standard InChI is InChI=1S/C23H24FN5O2/c1-31-20-7-5-19(6-8-20)25-23(30)22-27-26-21-10-16-12-28(13-17(16)14-29(21)22)11-15-3-2-4-18(24)9-15/h2-9,16-17H,10-14H2,1H3,(H,25,30). The van der Waals surface area contributed by atoms with Crippen molar-refractivity contribution >= 4 is 11.6 Å². The average Bonchev–Trinajstić information content (AvgIpc) is 3.35. The summed E-state index contributed by atoms with van der Waals surface area (Å²) in [7, 11) is 1.60. The topological polar surface area (TPSA) is 72.3 Å². The number of carbonyl (C=O) groups is 1. The number of anilines is 1. The molecular formula is C23H24FN5O2. The van der Waals surface area contributed by atoms with Crippen LogP contribution in [0.3, 0.4) is 0 Å². The van der Waals surface area contributed by atoms with Gasteiger partial charge in [-0.05, 0) is 53.8 Å². The lowest BCUT2D eigenvalue weighted by Crippen LogP contribution is -2.31. The molecular weight excluding hydrogens is 397 g/mol. The minimum atomic E-state index is -0.267. The number of aromatic nitrogens is 3. The lowest BCUT2D eigenvalue weighted by atomic mass is 9.89. The molecule has 0 aliphatic carbocycles. The number of methoxy groups -OCH3 is 1. The third-order valence-corrected chi connectivity index (χ3v) is 6.19. The maximum atomic E-state index is 13.5. The average molecular weight is 421 g/mol. The maximum absolute atomic E-state index is 13.5. The molecule has 0 bridgehead atoms. The quantitative estimate of drug-likeness (QED) is 0.686. The Labute approximate surface area is 179 Å². The SMILES string of the molecule is COc1ccc(NC(=O)c2nnc3n2CC2CN(Cc4cccc(F)c4)CC2C3)cc1. The summed E-state index contributed by atoms with van der Waals surface area (Å²) in [6, 6.07) is 14.0. The zero-order chi connectivity index (χ0) is 21.4. The molecule has 1 saturated heterocycles. The molecule has 0 radical (unpaired) electrons. The third kappa shape index (κ3) is 4.03. The molecule has 3 aromatic rings. The summed E-state index contributed by atoms with van der Waals surface area (Å²) in [5.41, 5.74) is 1.66. The molecule has 1 fully saturated rings. The fraction of sp³-hybridized carbons (Fsp3) is 0.348. The van der Waals surface area contributed by atoms with E-state index in [4.69, 9.17) is 4.74 Å². The zero-order valence-corrected chi connectivity index (χ0v) is 17.3. The summed E-state index contributed by atoms with van der Waals surface area (Å²) in [5.74, 6) is 2.35. The van der Waals surface area contributed by atoms with Gasteiger partial charge in [0, 0.05) is 38.3 Å². The molecule has 7 nitrogen and oxygen atoms in total. The van der Waals surface area contributed by atoms with E-state index >= 15 is 0 Å². The molecule has 2 unspecified atom stereocenters. The molecule has 3 heterocycles. The van der Waals surface area contributed by atoms with E-state index in [-0.39, 0.29) is 11.7 Å². The van der Waals surface area contributed by atoms with Crippen LogP contribution in [0.1, 0.15) is 22.0 Å². The van der Waals surface area contributed by atoms with Gasteiger partial charge in [-0.15, -0.1) is 10.2 Å². The minimum absolute atomic E-state index is 0.201. The van der Waals surface area contributed by atoms with Gasteiger partial charge in [-0.25, -0.2) is 4.39 Å². The van der Waals surface area contributed by atoms with Crippen LogP contribution in [-0.4, -0.2) is 45.8 Å². The van der Waals surface area contributed by atoms with Crippen LogP contribution in [0, 0.1) is 17.7 Å². The van der Waals surface area contributed by atoms with Gasteiger partial charge in [0.25, 0.3) is 5.91 Å². The van der Waals surface area contributed by atoms with Crippen molar-refractivity contribution in [2.24, 2.45) is 11.8 Å². The van der Waals surface area contributed by atoms with Crippen molar-refractivity contribution in [3.8, 4) is 5.75 Å². The number of hydrogen-bond acceptors (Lipinski definition) is 5. The number of hydrogen-bond donors (Lipinski definition) is 1. The van der Waals surface area contributed by atoms with Gasteiger partial charge in [-0.2, -0.15) is 0 Å². The number of ether oxygens (including phenoxy) is 1. The van der Waals surface area contributed by atoms with Gasteiger partial charge in [0.2, 0.25) is 5.82 Å². The number of halogens is 1. The second kappa shape index (κ2) is 8.11. The number of benzene rings is 2. The van der Waals surface area contributed by atoms with Gasteiger partial charge < -0.3 is 14.6 Å². The smallest absolute Gasteiger partial charge is 0.293 e. The molecule has 1 aromatic heterocycles. The maximum Gasteiger partial charge on any atom is 0.293 e. The molecule has 2 aromatic carbocycles. The lowest BCUT2D eigenvalue weighted by molar-refractivity contribution is 0.100. The summed E-state index contributed by atoms with van der Waals surface area (Å²) < 4.78 is 20.6. The van der Waals surface area contributed by atoms with Gasteiger partial charge in [0.05, 0.1) is 7.11 Å². The molecule has 0 spiro atoms. The van der Waals surface area contributed by atoms with E-state index in [0.29, 0.717) is 23.3 Å². The highest BCUT2D eigenvalue weighted by Crippen LogP contribution is 2.33. The van der Waals surface area contributed by atoms with Gasteiger partial charge in [0.15, 0.2) is 0 Å². The fourth-order valence-electron chi connectivity index (χ4n) is 4.67. The first-order chi connectivity index (χ1) is 15.1. The first kappa shape index (κ1) is 19.7. The third-order valence-electron chi connectivity index (χ3n) is 6.19. The number of nitrogens with zero attached hydrogens (tertiary/aromatic N) is 4. The second-order valence-electron chi connectivity index (χ2n) is 8.28. The predicted octanol–water partition coefficient (Wildman–Crippen LogP) is 2.98. The molecule has 2 atom stereocenters. The summed E-state index contributed by atoms with van der Waals surface area (Å²) >= 11 is 0. The summed E-state index contributed by atoms with van der Waals surface area (Å²) in [4.78, 5) is 15.2. The first-order valence-corrected chi connectivity index (χ1v) is 10.4. The van der Waals surface area contributed by atoms with Crippen LogP contribution in [0.15, 0.2) is 48.5 Å². The monoisotopic (exact) mass is 421 g/mol. The number of carbonyl (C=O) groups excluding carboxylic acids is 1. The van der Waals surface area contributed by atoms with E-state index in [1.54, 1.807) is 43.5 Å². The van der Waals surface area contributed by atoms with Crippen molar-refractivity contribution in [1.82, 2.24) is 19.7 Å². The first-order valence-electron chi connectivity index (χ1n) is 10.4. The Morgan fingerprint density at radius 3 is 2.71 bits per heavy atom. The molecule has 1 amide bonds. The predicted molar refractivity (Wildman–Crippen MR) is 113 cm³/mol. The fourth-order valence-corrected chi connectivity index (χ4v) is 4.67. The normalized spacial score (nSPS) is 20.2. The van der Waals surface area contributed by atoms with Crippen LogP contribution in [-0.2, 0) is 19.5 Å². The van der Waals surface area contributed by atoms with E-state index in [1.165, 1.54) is 6.07 Å². The van der Waals surface area contributed by atoms with Gasteiger partial charge in [-0.3, -0.25) is 9.69 Å². The van der Waals surface area contributed by atoms with Crippen molar-refractivity contribution in [3.05, 3.63) is 71.6 Å². The zero-order valence-electron chi connectivity index (χ0n) is 17.3. The summed E-state index contributed by atoms with van der Waals surface area (Å²) in [6.45, 7) is 3.31. The van der Waals surface area contributed by atoms with E-state index in [1.807, 2.05) is 10.6 Å². The number of rotatable bonds is 5. The number of amides is 1. The molecule has 8 heteroatoms. The van der Waals surface area contributed by atoms with E-state index in [0.717, 1.165) is 49.7 Å². The van der Waals surface area contributed by atoms with E-state index in [9.17, 15) is 9.18 Å². The van der Waals surface area contributed by atoms with Crippen molar-refractivity contribution in [2.75, 3.05) is 25.5 Å². The van der Waals surface area contributed by atoms with Gasteiger partial charge in [-0.1, -0.05) is 12.1 Å². The van der Waals surface area contributed by atoms with Crippen molar-refractivity contribution < 1.29 is 13.9 Å². The molecule has 31 heavy (non-hydrogen) atoms. The van der Waals surface area contributed by atoms with Crippen LogP contribution >= 0.6 is 0 Å². The van der Waals surface area contributed by atoms with Crippen molar-refractivity contribution in [1.29, 1.82) is 0 Å². The Morgan fingerprint density at radius 2 is 1.94 bits per heavy atom. The number of likely N-dealkylation sites (tertiary alicyclic amines) is 1. The highest BCUT2D eigenvalue weighted by Gasteiger charge is 2.39. The number of nitrogens with one attached hydrogen (secondary N) is 1. The van der Waals surface area contributed by atoms with Crippen LogP contribution in [0.25, 0.3) is 0 Å². The minimum Gasteiger partial charge on any atom is -0.497 e. The van der Waals surface area contributed by atoms with Crippen molar-refractivity contribution in [2.45, 2.75) is 19.5 Å². The van der Waals surface area contributed by atoms with Crippen LogP contribution < -0.4 is 10.1 Å². The van der Waals surface area contributed by atoms with Gasteiger partial charge >= 0.3 is 0 Å². The Morgan fingerprint density at radius 1 is 1.13 bits per heavy atom. The largest absolute Gasteiger partial charge is 0.497 e. The highest BCUT2D eigenvalue weighted by molar-refractivity contribution is 6.01. The molecule has 2 aliphatic rings. The molecule has 2 aliphatic heterocycles. The summed E-state index contributed by atoms with van der Waals surface area (Å²) in [5, 5.41) is 11.4. The Bertz CT molecular complexity index is 1100. The molecule has 5 rings (SSSR count). The molecule has 0 saturated carbocycles. The van der Waals surface area contributed by atoms with Crippen LogP contribution in [0.2, 0.25) is 0 Å². The molecule has 1 N–H and O–H groups in total. The van der Waals surface area contributed by atoms with E-state index in [2.05, 4.69) is 20.4 Å². The van der Waals surface area contributed by atoms with Crippen LogP contribution in [0.4, 0.5) is 10.1 Å².